The van der Waals surface area contributed by atoms with Crippen LogP contribution in [0.3, 0.4) is 0 Å². The number of carboxylic acids is 1. The highest BCUT2D eigenvalue weighted by Gasteiger charge is 2.09. The van der Waals surface area contributed by atoms with Crippen molar-refractivity contribution in [2.75, 3.05) is 0 Å². The van der Waals surface area contributed by atoms with Gasteiger partial charge in [0.1, 0.15) is 0 Å². The van der Waals surface area contributed by atoms with Crippen molar-refractivity contribution >= 4 is 5.97 Å². The Morgan fingerprint density at radius 3 is 2.79 bits per heavy atom. The van der Waals surface area contributed by atoms with Crippen LogP contribution >= 0.6 is 0 Å². The Morgan fingerprint density at radius 2 is 2.16 bits per heavy atom. The Bertz CT molecular complexity index is 655. The number of rotatable bonds is 4. The van der Waals surface area contributed by atoms with Gasteiger partial charge in [-0.3, -0.25) is 4.79 Å². The maximum atomic E-state index is 11.7. The summed E-state index contributed by atoms with van der Waals surface area (Å²) in [6.07, 6.45) is 4.73. The van der Waals surface area contributed by atoms with Gasteiger partial charge in [0.25, 0.3) is 5.56 Å². The Kier molecular flexibility index (Phi) is 3.50. The lowest BCUT2D eigenvalue weighted by molar-refractivity contribution is 0.0696. The fraction of sp³-hybridized carbons (Fsp3) is 0.308. The van der Waals surface area contributed by atoms with Crippen molar-refractivity contribution in [1.29, 1.82) is 0 Å². The van der Waals surface area contributed by atoms with Gasteiger partial charge >= 0.3 is 5.97 Å². The summed E-state index contributed by atoms with van der Waals surface area (Å²) in [6, 6.07) is 2.80. The van der Waals surface area contributed by atoms with Crippen LogP contribution < -0.4 is 5.56 Å². The van der Waals surface area contributed by atoms with Crippen molar-refractivity contribution in [2.24, 2.45) is 0 Å². The Morgan fingerprint density at radius 1 is 1.42 bits per heavy atom. The molecule has 6 nitrogen and oxygen atoms in total. The summed E-state index contributed by atoms with van der Waals surface area (Å²) in [5.74, 6) is -1.05. The number of hydrogen-bond donors (Lipinski definition) is 1. The number of pyridine rings is 1. The van der Waals surface area contributed by atoms with E-state index in [9.17, 15) is 9.59 Å². The summed E-state index contributed by atoms with van der Waals surface area (Å²) in [6.45, 7) is 4.33. The lowest BCUT2D eigenvalue weighted by Gasteiger charge is -2.13. The minimum absolute atomic E-state index is 0.0928. The van der Waals surface area contributed by atoms with E-state index in [0.717, 1.165) is 5.69 Å². The summed E-state index contributed by atoms with van der Waals surface area (Å²) in [5, 5.41) is 8.94. The van der Waals surface area contributed by atoms with Crippen LogP contribution in [0.25, 0.3) is 0 Å². The van der Waals surface area contributed by atoms with E-state index >= 15 is 0 Å². The van der Waals surface area contributed by atoms with Crippen molar-refractivity contribution in [3.63, 3.8) is 0 Å². The SMILES string of the molecule is CC(C)n1cncc1Cn1cc(C(=O)O)ccc1=O. The summed E-state index contributed by atoms with van der Waals surface area (Å²) in [7, 11) is 0. The second kappa shape index (κ2) is 5.09. The highest BCUT2D eigenvalue weighted by atomic mass is 16.4. The molecule has 0 saturated carbocycles. The molecule has 0 fully saturated rings. The Balaban J connectivity index is 2.38. The van der Waals surface area contributed by atoms with Crippen molar-refractivity contribution in [2.45, 2.75) is 26.4 Å². The fourth-order valence-electron chi connectivity index (χ4n) is 1.88. The molecule has 19 heavy (non-hydrogen) atoms. The number of nitrogens with zero attached hydrogens (tertiary/aromatic N) is 3. The Labute approximate surface area is 109 Å². The van der Waals surface area contributed by atoms with E-state index in [-0.39, 0.29) is 17.2 Å². The maximum Gasteiger partial charge on any atom is 0.337 e. The largest absolute Gasteiger partial charge is 0.478 e. The number of aromatic nitrogens is 3. The van der Waals surface area contributed by atoms with Crippen molar-refractivity contribution in [3.8, 4) is 0 Å². The second-order valence-electron chi connectivity index (χ2n) is 4.58. The van der Waals surface area contributed by atoms with Crippen molar-refractivity contribution in [1.82, 2.24) is 14.1 Å². The normalized spacial score (nSPS) is 10.9. The average Bonchev–Trinajstić information content (AvgIpc) is 2.80. The lowest BCUT2D eigenvalue weighted by Crippen LogP contribution is -2.22. The van der Waals surface area contributed by atoms with E-state index in [4.69, 9.17) is 5.11 Å². The number of aromatic carboxylic acids is 1. The van der Waals surface area contributed by atoms with Crippen molar-refractivity contribution < 1.29 is 9.90 Å². The summed E-state index contributed by atoms with van der Waals surface area (Å²) in [5.41, 5.74) is 0.719. The van der Waals surface area contributed by atoms with Crippen molar-refractivity contribution in [3.05, 3.63) is 52.5 Å². The first-order valence-corrected chi connectivity index (χ1v) is 5.93. The van der Waals surface area contributed by atoms with Gasteiger partial charge in [-0.1, -0.05) is 0 Å². The maximum absolute atomic E-state index is 11.7. The van der Waals surface area contributed by atoms with Crippen LogP contribution in [0.5, 0.6) is 0 Å². The highest BCUT2D eigenvalue weighted by molar-refractivity contribution is 5.87. The molecular formula is C13H15N3O3. The third kappa shape index (κ3) is 2.73. The van der Waals surface area contributed by atoms with E-state index in [1.807, 2.05) is 18.4 Å². The first kappa shape index (κ1) is 13.1. The fourth-order valence-corrected chi connectivity index (χ4v) is 1.88. The summed E-state index contributed by atoms with van der Waals surface area (Å²) >= 11 is 0. The molecule has 0 aliphatic rings. The van der Waals surface area contributed by atoms with E-state index in [2.05, 4.69) is 4.98 Å². The zero-order chi connectivity index (χ0) is 14.0. The molecule has 0 aromatic carbocycles. The smallest absolute Gasteiger partial charge is 0.337 e. The van der Waals surface area contributed by atoms with Gasteiger partial charge in [0.05, 0.1) is 24.1 Å². The molecule has 2 aromatic rings. The van der Waals surface area contributed by atoms with Gasteiger partial charge in [0.15, 0.2) is 0 Å². The van der Waals surface area contributed by atoms with Gasteiger partial charge < -0.3 is 14.2 Å². The third-order valence-corrected chi connectivity index (χ3v) is 2.87. The first-order valence-electron chi connectivity index (χ1n) is 5.93. The number of imidazole rings is 1. The molecule has 0 atom stereocenters. The van der Waals surface area contributed by atoms with Gasteiger partial charge in [-0.15, -0.1) is 0 Å². The predicted octanol–water partition coefficient (Wildman–Crippen LogP) is 1.37. The number of carboxylic acid groups (broad SMARTS) is 1. The van der Waals surface area contributed by atoms with Crippen LogP contribution in [0.1, 0.15) is 35.9 Å². The molecular weight excluding hydrogens is 246 g/mol. The molecule has 0 saturated heterocycles. The van der Waals surface area contributed by atoms with Gasteiger partial charge in [-0.2, -0.15) is 0 Å². The van der Waals surface area contributed by atoms with E-state index in [0.29, 0.717) is 6.54 Å². The predicted molar refractivity (Wildman–Crippen MR) is 69.4 cm³/mol. The molecule has 0 radical (unpaired) electrons. The summed E-state index contributed by atoms with van der Waals surface area (Å²) in [4.78, 5) is 26.7. The third-order valence-electron chi connectivity index (χ3n) is 2.87. The highest BCUT2D eigenvalue weighted by Crippen LogP contribution is 2.10. The zero-order valence-corrected chi connectivity index (χ0v) is 10.8. The average molecular weight is 261 g/mol. The minimum Gasteiger partial charge on any atom is -0.478 e. The monoisotopic (exact) mass is 261 g/mol. The molecule has 2 rings (SSSR count). The topological polar surface area (TPSA) is 77.1 Å². The molecule has 6 heteroatoms. The molecule has 2 aromatic heterocycles. The van der Waals surface area contributed by atoms with Crippen LogP contribution in [0, 0.1) is 0 Å². The molecule has 0 bridgehead atoms. The van der Waals surface area contributed by atoms with E-state index in [1.165, 1.54) is 22.9 Å². The molecule has 0 aliphatic heterocycles. The Hall–Kier alpha value is -2.37. The number of hydrogen-bond acceptors (Lipinski definition) is 3. The molecule has 2 heterocycles. The molecule has 0 amide bonds. The zero-order valence-electron chi connectivity index (χ0n) is 10.8. The van der Waals surface area contributed by atoms with Crippen LogP contribution in [-0.4, -0.2) is 25.2 Å². The molecule has 100 valence electrons. The van der Waals surface area contributed by atoms with Crippen LogP contribution in [0.15, 0.2) is 35.6 Å². The van der Waals surface area contributed by atoms with Crippen LogP contribution in [0.2, 0.25) is 0 Å². The van der Waals surface area contributed by atoms with Gasteiger partial charge in [-0.05, 0) is 19.9 Å². The molecule has 0 spiro atoms. The van der Waals surface area contributed by atoms with E-state index < -0.39 is 5.97 Å². The van der Waals surface area contributed by atoms with Gasteiger partial charge in [-0.25, -0.2) is 9.78 Å². The van der Waals surface area contributed by atoms with Gasteiger partial charge in [0.2, 0.25) is 0 Å². The standard InChI is InChI=1S/C13H15N3O3/c1-9(2)16-8-14-5-11(16)7-15-6-10(13(18)19)3-4-12(15)17/h3-6,8-9H,7H2,1-2H3,(H,18,19). The first-order chi connectivity index (χ1) is 8.99. The van der Waals surface area contributed by atoms with Crippen LogP contribution in [-0.2, 0) is 6.54 Å². The minimum atomic E-state index is -1.05. The van der Waals surface area contributed by atoms with E-state index in [1.54, 1.807) is 12.5 Å². The second-order valence-corrected chi connectivity index (χ2v) is 4.58. The lowest BCUT2D eigenvalue weighted by atomic mass is 10.3. The van der Waals surface area contributed by atoms with Crippen LogP contribution in [0.4, 0.5) is 0 Å². The quantitative estimate of drug-likeness (QED) is 0.901. The molecule has 1 N–H and O–H groups in total. The molecule has 0 unspecified atom stereocenters. The van der Waals surface area contributed by atoms with Gasteiger partial charge in [0, 0.05) is 24.5 Å². The summed E-state index contributed by atoms with van der Waals surface area (Å²) < 4.78 is 3.32. The number of carbonyl (C=O) groups is 1. The molecule has 0 aliphatic carbocycles.